The van der Waals surface area contributed by atoms with Gasteiger partial charge in [-0.05, 0) is 13.3 Å². The summed E-state index contributed by atoms with van der Waals surface area (Å²) in [5.41, 5.74) is 0. The summed E-state index contributed by atoms with van der Waals surface area (Å²) in [6, 6.07) is 0.926. The van der Waals surface area contributed by atoms with Crippen LogP contribution in [0.15, 0.2) is 0 Å². The molecule has 3 heteroatoms. The van der Waals surface area contributed by atoms with Gasteiger partial charge in [-0.15, -0.1) is 0 Å². The average Bonchev–Trinajstić information content (AvgIpc) is 2.34. The number of likely N-dealkylation sites (tertiary alicyclic amines) is 1. The van der Waals surface area contributed by atoms with Crippen LogP contribution in [0.4, 0.5) is 0 Å². The van der Waals surface area contributed by atoms with Gasteiger partial charge in [-0.1, -0.05) is 0 Å². The van der Waals surface area contributed by atoms with Crippen molar-refractivity contribution in [2.45, 2.75) is 31.5 Å². The van der Waals surface area contributed by atoms with Gasteiger partial charge in [0.05, 0.1) is 25.4 Å². The molecule has 1 N–H and O–H groups in total. The van der Waals surface area contributed by atoms with E-state index in [9.17, 15) is 5.11 Å². The van der Waals surface area contributed by atoms with Gasteiger partial charge in [-0.25, -0.2) is 0 Å². The van der Waals surface area contributed by atoms with Crippen molar-refractivity contribution in [2.24, 2.45) is 0 Å². The molecule has 0 amide bonds. The highest BCUT2D eigenvalue weighted by atomic mass is 16.5. The molecule has 2 aliphatic heterocycles. The van der Waals surface area contributed by atoms with E-state index in [4.69, 9.17) is 4.74 Å². The largest absolute Gasteiger partial charge is 0.389 e. The molecule has 2 saturated heterocycles. The molecule has 0 aliphatic carbocycles. The van der Waals surface area contributed by atoms with E-state index in [-0.39, 0.29) is 12.1 Å². The topological polar surface area (TPSA) is 32.7 Å². The number of aliphatic hydroxyl groups is 1. The third kappa shape index (κ3) is 1.17. The minimum atomic E-state index is -0.252. The summed E-state index contributed by atoms with van der Waals surface area (Å²) in [5, 5.41) is 9.48. The van der Waals surface area contributed by atoms with Gasteiger partial charge in [0.2, 0.25) is 0 Å². The maximum atomic E-state index is 9.48. The highest BCUT2D eigenvalue weighted by Crippen LogP contribution is 2.24. The Labute approximate surface area is 66.9 Å². The van der Waals surface area contributed by atoms with Gasteiger partial charge in [0.25, 0.3) is 0 Å². The third-order valence-corrected chi connectivity index (χ3v) is 2.82. The molecule has 0 spiro atoms. The molecule has 3 unspecified atom stereocenters. The second kappa shape index (κ2) is 2.73. The monoisotopic (exact) mass is 157 g/mol. The van der Waals surface area contributed by atoms with Crippen LogP contribution in [-0.4, -0.2) is 48.0 Å². The second-order valence-electron chi connectivity index (χ2n) is 3.55. The van der Waals surface area contributed by atoms with Crippen molar-refractivity contribution in [1.29, 1.82) is 0 Å². The molecule has 3 nitrogen and oxygen atoms in total. The third-order valence-electron chi connectivity index (χ3n) is 2.82. The molecular formula is C8H15NO2. The lowest BCUT2D eigenvalue weighted by atomic mass is 10.00. The summed E-state index contributed by atoms with van der Waals surface area (Å²) in [5.74, 6) is 0. The van der Waals surface area contributed by atoms with E-state index < -0.39 is 0 Å². The van der Waals surface area contributed by atoms with Crippen molar-refractivity contribution in [3.8, 4) is 0 Å². The number of ether oxygens (including phenoxy) is 1. The molecular weight excluding hydrogens is 142 g/mol. The molecule has 3 atom stereocenters. The van der Waals surface area contributed by atoms with E-state index in [1.54, 1.807) is 0 Å². The molecule has 0 aromatic carbocycles. The van der Waals surface area contributed by atoms with Crippen LogP contribution < -0.4 is 0 Å². The van der Waals surface area contributed by atoms with E-state index in [1.165, 1.54) is 6.42 Å². The summed E-state index contributed by atoms with van der Waals surface area (Å²) in [7, 11) is 0. The van der Waals surface area contributed by atoms with Crippen molar-refractivity contribution >= 4 is 0 Å². The molecule has 2 aliphatic rings. The highest BCUT2D eigenvalue weighted by molar-refractivity contribution is 4.91. The van der Waals surface area contributed by atoms with Crippen LogP contribution >= 0.6 is 0 Å². The van der Waals surface area contributed by atoms with Crippen LogP contribution in [0.5, 0.6) is 0 Å². The lowest BCUT2D eigenvalue weighted by molar-refractivity contribution is 0.00413. The zero-order chi connectivity index (χ0) is 7.84. The fraction of sp³-hybridized carbons (Fsp3) is 1.00. The Kier molecular flexibility index (Phi) is 1.87. The van der Waals surface area contributed by atoms with E-state index >= 15 is 0 Å². The molecule has 0 aromatic rings. The molecule has 11 heavy (non-hydrogen) atoms. The Morgan fingerprint density at radius 2 is 2.27 bits per heavy atom. The van der Waals surface area contributed by atoms with Gasteiger partial charge in [-0.3, -0.25) is 4.90 Å². The number of rotatable bonds is 1. The van der Waals surface area contributed by atoms with E-state index in [0.29, 0.717) is 19.3 Å². The minimum Gasteiger partial charge on any atom is -0.389 e. The van der Waals surface area contributed by atoms with Gasteiger partial charge in [-0.2, -0.15) is 0 Å². The standard InChI is InChI=1S/C8H15NO2/c1-6-2-3-9(6)7-4-11-5-8(7)10/h6-8,10H,2-5H2,1H3. The smallest absolute Gasteiger partial charge is 0.0950 e. The first-order valence-corrected chi connectivity index (χ1v) is 4.30. The second-order valence-corrected chi connectivity index (χ2v) is 3.55. The molecule has 0 radical (unpaired) electrons. The van der Waals surface area contributed by atoms with Crippen molar-refractivity contribution in [2.75, 3.05) is 19.8 Å². The first kappa shape index (κ1) is 7.53. The van der Waals surface area contributed by atoms with Crippen molar-refractivity contribution in [1.82, 2.24) is 4.90 Å². The lowest BCUT2D eigenvalue weighted by Crippen LogP contribution is -2.55. The molecule has 2 heterocycles. The fourth-order valence-corrected chi connectivity index (χ4v) is 1.88. The van der Waals surface area contributed by atoms with Gasteiger partial charge < -0.3 is 9.84 Å². The predicted molar refractivity (Wildman–Crippen MR) is 41.4 cm³/mol. The van der Waals surface area contributed by atoms with Crippen molar-refractivity contribution < 1.29 is 9.84 Å². The Bertz CT molecular complexity index is 151. The Balaban J connectivity index is 1.93. The number of hydrogen-bond acceptors (Lipinski definition) is 3. The lowest BCUT2D eigenvalue weighted by Gasteiger charge is -2.43. The zero-order valence-electron chi connectivity index (χ0n) is 6.86. The molecule has 0 saturated carbocycles. The number of aliphatic hydroxyl groups excluding tert-OH is 1. The van der Waals surface area contributed by atoms with Crippen LogP contribution in [0.1, 0.15) is 13.3 Å². The van der Waals surface area contributed by atoms with Crippen LogP contribution in [0.2, 0.25) is 0 Å². The molecule has 0 bridgehead atoms. The van der Waals surface area contributed by atoms with Gasteiger partial charge >= 0.3 is 0 Å². The Morgan fingerprint density at radius 1 is 1.45 bits per heavy atom. The summed E-state index contributed by atoms with van der Waals surface area (Å²) >= 11 is 0. The predicted octanol–water partition coefficient (Wildman–Crippen LogP) is -0.160. The quantitative estimate of drug-likeness (QED) is 0.574. The Hall–Kier alpha value is -0.120. The van der Waals surface area contributed by atoms with Crippen molar-refractivity contribution in [3.05, 3.63) is 0 Å². The maximum absolute atomic E-state index is 9.48. The van der Waals surface area contributed by atoms with Crippen LogP contribution in [-0.2, 0) is 4.74 Å². The molecule has 0 aromatic heterocycles. The van der Waals surface area contributed by atoms with Crippen LogP contribution in [0, 0.1) is 0 Å². The van der Waals surface area contributed by atoms with E-state index in [2.05, 4.69) is 11.8 Å². The summed E-state index contributed by atoms with van der Waals surface area (Å²) < 4.78 is 5.18. The first-order valence-electron chi connectivity index (χ1n) is 4.30. The van der Waals surface area contributed by atoms with Gasteiger partial charge in [0, 0.05) is 12.6 Å². The van der Waals surface area contributed by atoms with E-state index in [1.807, 2.05) is 0 Å². The minimum absolute atomic E-state index is 0.252. The van der Waals surface area contributed by atoms with Crippen molar-refractivity contribution in [3.63, 3.8) is 0 Å². The number of nitrogens with zero attached hydrogens (tertiary/aromatic N) is 1. The number of hydrogen-bond donors (Lipinski definition) is 1. The SMILES string of the molecule is CC1CCN1C1COCC1O. The molecule has 2 fully saturated rings. The molecule has 64 valence electrons. The van der Waals surface area contributed by atoms with Crippen LogP contribution in [0.3, 0.4) is 0 Å². The van der Waals surface area contributed by atoms with Gasteiger partial charge in [0.1, 0.15) is 0 Å². The summed E-state index contributed by atoms with van der Waals surface area (Å²) in [6.07, 6.45) is 1.01. The molecule has 2 rings (SSSR count). The average molecular weight is 157 g/mol. The normalized spacial score (nSPS) is 45.8. The first-order chi connectivity index (χ1) is 5.29. The maximum Gasteiger partial charge on any atom is 0.0950 e. The highest BCUT2D eigenvalue weighted by Gasteiger charge is 2.37. The Morgan fingerprint density at radius 3 is 2.64 bits per heavy atom. The zero-order valence-corrected chi connectivity index (χ0v) is 6.86. The van der Waals surface area contributed by atoms with E-state index in [0.717, 1.165) is 6.54 Å². The van der Waals surface area contributed by atoms with Gasteiger partial charge in [0.15, 0.2) is 0 Å². The summed E-state index contributed by atoms with van der Waals surface area (Å²) in [6.45, 7) is 4.57. The fourth-order valence-electron chi connectivity index (χ4n) is 1.88. The summed E-state index contributed by atoms with van der Waals surface area (Å²) in [4.78, 5) is 2.33. The van der Waals surface area contributed by atoms with Crippen LogP contribution in [0.25, 0.3) is 0 Å².